The highest BCUT2D eigenvalue weighted by atomic mass is 35.5. The second kappa shape index (κ2) is 10.5. The normalized spacial score (nSPS) is 10.7. The lowest BCUT2D eigenvalue weighted by Crippen LogP contribution is -2.40. The highest BCUT2D eigenvalue weighted by Crippen LogP contribution is 2.35. The Balaban J connectivity index is 1.79. The summed E-state index contributed by atoms with van der Waals surface area (Å²) in [4.78, 5) is 29.8. The molecule has 0 aliphatic carbocycles. The van der Waals surface area contributed by atoms with Crippen molar-refractivity contribution >= 4 is 51.8 Å². The number of carbonyl (C=O) groups excluding carboxylic acids is 2. The standard InChI is InChI=1S/C23H23Cl2N3O4/c1-4-31-20(29)12-26-23(30)28(3)18-11-10-17(24)16(21(18)25)13-32-19-7-5-6-15-9-8-14(2)27-22(15)19/h5-11H,4,12-13H2,1-3H3,(H,26,30). The number of fused-ring (bicyclic) bond motifs is 1. The van der Waals surface area contributed by atoms with Crippen LogP contribution in [0.5, 0.6) is 5.75 Å². The summed E-state index contributed by atoms with van der Waals surface area (Å²) < 4.78 is 10.8. The van der Waals surface area contributed by atoms with Crippen LogP contribution in [0.4, 0.5) is 10.5 Å². The first kappa shape index (κ1) is 23.6. The van der Waals surface area contributed by atoms with Crippen LogP contribution in [0.1, 0.15) is 18.2 Å². The van der Waals surface area contributed by atoms with E-state index in [9.17, 15) is 9.59 Å². The summed E-state index contributed by atoms with van der Waals surface area (Å²) in [6, 6.07) is 12.3. The van der Waals surface area contributed by atoms with Crippen molar-refractivity contribution in [2.24, 2.45) is 0 Å². The number of amides is 2. The molecule has 2 amide bonds. The smallest absolute Gasteiger partial charge is 0.325 e. The van der Waals surface area contributed by atoms with E-state index in [1.54, 1.807) is 19.1 Å². The highest BCUT2D eigenvalue weighted by Gasteiger charge is 2.19. The first-order valence-electron chi connectivity index (χ1n) is 9.95. The predicted molar refractivity (Wildman–Crippen MR) is 126 cm³/mol. The Hall–Kier alpha value is -3.03. The number of nitrogens with one attached hydrogen (secondary N) is 1. The van der Waals surface area contributed by atoms with Gasteiger partial charge in [-0.25, -0.2) is 9.78 Å². The Labute approximate surface area is 196 Å². The van der Waals surface area contributed by atoms with Gasteiger partial charge in [0.25, 0.3) is 0 Å². The molecule has 0 spiro atoms. The first-order valence-corrected chi connectivity index (χ1v) is 10.7. The van der Waals surface area contributed by atoms with E-state index in [1.807, 2.05) is 37.3 Å². The van der Waals surface area contributed by atoms with Crippen LogP contribution in [0, 0.1) is 6.92 Å². The van der Waals surface area contributed by atoms with E-state index in [4.69, 9.17) is 32.7 Å². The quantitative estimate of drug-likeness (QED) is 0.478. The Bertz CT molecular complexity index is 1150. The fraction of sp³-hybridized carbons (Fsp3) is 0.261. The van der Waals surface area contributed by atoms with Crippen LogP contribution in [-0.2, 0) is 16.1 Å². The number of hydrogen-bond donors (Lipinski definition) is 1. The number of para-hydroxylation sites is 1. The van der Waals surface area contributed by atoms with Gasteiger partial charge in [0, 0.05) is 28.7 Å². The van der Waals surface area contributed by atoms with Crippen LogP contribution in [0.3, 0.4) is 0 Å². The zero-order valence-electron chi connectivity index (χ0n) is 17.9. The van der Waals surface area contributed by atoms with Crippen molar-refractivity contribution in [3.05, 3.63) is 63.8 Å². The third-order valence-electron chi connectivity index (χ3n) is 4.72. The Kier molecular flexibility index (Phi) is 7.77. The van der Waals surface area contributed by atoms with E-state index in [-0.39, 0.29) is 24.8 Å². The molecule has 0 bridgehead atoms. The van der Waals surface area contributed by atoms with Crippen LogP contribution in [0.25, 0.3) is 10.9 Å². The molecule has 0 aliphatic heterocycles. The van der Waals surface area contributed by atoms with Gasteiger partial charge in [-0.1, -0.05) is 41.4 Å². The van der Waals surface area contributed by atoms with E-state index in [0.29, 0.717) is 22.0 Å². The Morgan fingerprint density at radius 1 is 1.12 bits per heavy atom. The van der Waals surface area contributed by atoms with Crippen molar-refractivity contribution in [1.82, 2.24) is 10.3 Å². The minimum absolute atomic E-state index is 0.0819. The van der Waals surface area contributed by atoms with Crippen LogP contribution < -0.4 is 15.0 Å². The molecule has 1 N–H and O–H groups in total. The molecule has 3 aromatic rings. The summed E-state index contributed by atoms with van der Waals surface area (Å²) in [6.07, 6.45) is 0. The predicted octanol–water partition coefficient (Wildman–Crippen LogP) is 5.14. The maximum atomic E-state index is 12.4. The molecule has 1 aromatic heterocycles. The average Bonchev–Trinajstić information content (AvgIpc) is 2.77. The lowest BCUT2D eigenvalue weighted by Gasteiger charge is -2.21. The number of benzene rings is 2. The maximum Gasteiger partial charge on any atom is 0.325 e. The summed E-state index contributed by atoms with van der Waals surface area (Å²) in [5, 5.41) is 4.13. The molecule has 0 radical (unpaired) electrons. The molecule has 1 heterocycles. The molecule has 0 unspecified atom stereocenters. The third kappa shape index (κ3) is 5.41. The number of halogens is 2. The molecule has 0 saturated heterocycles. The van der Waals surface area contributed by atoms with Gasteiger partial charge < -0.3 is 14.8 Å². The molecule has 3 rings (SSSR count). The minimum atomic E-state index is -0.524. The van der Waals surface area contributed by atoms with Crippen LogP contribution in [-0.4, -0.2) is 37.2 Å². The lowest BCUT2D eigenvalue weighted by molar-refractivity contribution is -0.141. The van der Waals surface area contributed by atoms with Gasteiger partial charge >= 0.3 is 12.0 Å². The second-order valence-electron chi connectivity index (χ2n) is 6.95. The maximum absolute atomic E-state index is 12.4. The number of rotatable bonds is 7. The summed E-state index contributed by atoms with van der Waals surface area (Å²) in [5.74, 6) is 0.0775. The van der Waals surface area contributed by atoms with E-state index in [1.165, 1.54) is 11.9 Å². The number of aromatic nitrogens is 1. The molecule has 2 aromatic carbocycles. The number of hydrogen-bond acceptors (Lipinski definition) is 5. The fourth-order valence-corrected chi connectivity index (χ4v) is 3.65. The lowest BCUT2D eigenvalue weighted by atomic mass is 10.1. The largest absolute Gasteiger partial charge is 0.487 e. The molecular weight excluding hydrogens is 453 g/mol. The van der Waals surface area contributed by atoms with Gasteiger partial charge in [-0.2, -0.15) is 0 Å². The summed E-state index contributed by atoms with van der Waals surface area (Å²) in [7, 11) is 1.54. The Morgan fingerprint density at radius 2 is 1.91 bits per heavy atom. The zero-order chi connectivity index (χ0) is 23.3. The topological polar surface area (TPSA) is 80.8 Å². The van der Waals surface area contributed by atoms with Crippen molar-refractivity contribution in [3.8, 4) is 5.75 Å². The molecule has 0 atom stereocenters. The Morgan fingerprint density at radius 3 is 2.66 bits per heavy atom. The van der Waals surface area contributed by atoms with E-state index >= 15 is 0 Å². The van der Waals surface area contributed by atoms with Crippen molar-refractivity contribution in [3.63, 3.8) is 0 Å². The summed E-state index contributed by atoms with van der Waals surface area (Å²) in [6.45, 7) is 3.68. The minimum Gasteiger partial charge on any atom is -0.487 e. The van der Waals surface area contributed by atoms with Crippen molar-refractivity contribution in [2.75, 3.05) is 25.1 Å². The highest BCUT2D eigenvalue weighted by molar-refractivity contribution is 6.38. The van der Waals surface area contributed by atoms with Gasteiger partial charge in [-0.3, -0.25) is 9.69 Å². The molecule has 32 heavy (non-hydrogen) atoms. The fourth-order valence-electron chi connectivity index (χ4n) is 3.05. The van der Waals surface area contributed by atoms with E-state index in [2.05, 4.69) is 10.3 Å². The van der Waals surface area contributed by atoms with Crippen molar-refractivity contribution < 1.29 is 19.1 Å². The first-order chi connectivity index (χ1) is 15.3. The molecule has 0 fully saturated rings. The van der Waals surface area contributed by atoms with Gasteiger partial charge in [0.15, 0.2) is 0 Å². The molecular formula is C23H23Cl2N3O4. The van der Waals surface area contributed by atoms with Gasteiger partial charge in [0.2, 0.25) is 0 Å². The van der Waals surface area contributed by atoms with Crippen molar-refractivity contribution in [1.29, 1.82) is 0 Å². The number of ether oxygens (including phenoxy) is 2. The number of urea groups is 1. The SMILES string of the molecule is CCOC(=O)CNC(=O)N(C)c1ccc(Cl)c(COc2cccc3ccc(C)nc23)c1Cl. The molecule has 7 nitrogen and oxygen atoms in total. The molecule has 168 valence electrons. The summed E-state index contributed by atoms with van der Waals surface area (Å²) >= 11 is 13.0. The zero-order valence-corrected chi connectivity index (χ0v) is 19.5. The number of nitrogens with zero attached hydrogens (tertiary/aromatic N) is 2. The number of anilines is 1. The van der Waals surface area contributed by atoms with Gasteiger partial charge in [0.05, 0.1) is 17.3 Å². The molecule has 0 saturated carbocycles. The monoisotopic (exact) mass is 475 g/mol. The van der Waals surface area contributed by atoms with E-state index in [0.717, 1.165) is 16.6 Å². The van der Waals surface area contributed by atoms with Gasteiger partial charge in [-0.15, -0.1) is 0 Å². The van der Waals surface area contributed by atoms with Crippen LogP contribution in [0.15, 0.2) is 42.5 Å². The summed E-state index contributed by atoms with van der Waals surface area (Å²) in [5.41, 5.74) is 2.57. The van der Waals surface area contributed by atoms with Crippen molar-refractivity contribution in [2.45, 2.75) is 20.5 Å². The van der Waals surface area contributed by atoms with Gasteiger partial charge in [-0.05, 0) is 38.1 Å². The number of pyridine rings is 1. The molecule has 0 aliphatic rings. The average molecular weight is 476 g/mol. The van der Waals surface area contributed by atoms with Crippen LogP contribution >= 0.6 is 23.2 Å². The van der Waals surface area contributed by atoms with E-state index < -0.39 is 12.0 Å². The molecule has 9 heteroatoms. The van der Waals surface area contributed by atoms with Crippen LogP contribution in [0.2, 0.25) is 10.0 Å². The number of esters is 1. The number of aryl methyl sites for hydroxylation is 1. The second-order valence-corrected chi connectivity index (χ2v) is 7.74. The van der Waals surface area contributed by atoms with Gasteiger partial charge in [0.1, 0.15) is 24.4 Å². The number of carbonyl (C=O) groups is 2. The third-order valence-corrected chi connectivity index (χ3v) is 5.49.